The lowest BCUT2D eigenvalue weighted by Gasteiger charge is -2.19. The number of methoxy groups -OCH3 is 2. The van der Waals surface area contributed by atoms with Gasteiger partial charge in [0, 0.05) is 18.2 Å². The van der Waals surface area contributed by atoms with E-state index in [1.165, 1.54) is 13.8 Å². The first kappa shape index (κ1) is 15.3. The van der Waals surface area contributed by atoms with Gasteiger partial charge in [-0.25, -0.2) is 0 Å². The molecule has 1 amide bonds. The summed E-state index contributed by atoms with van der Waals surface area (Å²) in [6.07, 6.45) is 0. The Hall–Kier alpha value is -1.75. The minimum absolute atomic E-state index is 0.293. The molecule has 0 aliphatic rings. The summed E-state index contributed by atoms with van der Waals surface area (Å²) < 4.78 is 10.5. The number of amides is 1. The SMILES string of the molecule is COc1cc(C)c(CNC(=O)C(C)(C)O)c(OC)c1. The quantitative estimate of drug-likeness (QED) is 0.846. The number of ether oxygens (including phenoxy) is 2. The molecule has 0 aromatic heterocycles. The van der Waals surface area contributed by atoms with Crippen LogP contribution in [0.5, 0.6) is 11.5 Å². The van der Waals surface area contributed by atoms with Crippen LogP contribution in [0.1, 0.15) is 25.0 Å². The van der Waals surface area contributed by atoms with Crippen LogP contribution in [0.15, 0.2) is 12.1 Å². The second-order valence-corrected chi connectivity index (χ2v) is 4.87. The first-order valence-corrected chi connectivity index (χ1v) is 6.01. The van der Waals surface area contributed by atoms with Gasteiger partial charge in [-0.15, -0.1) is 0 Å². The lowest BCUT2D eigenvalue weighted by atomic mass is 10.1. The number of carbonyl (C=O) groups excluding carboxylic acids is 1. The fraction of sp³-hybridized carbons (Fsp3) is 0.500. The Balaban J connectivity index is 2.92. The van der Waals surface area contributed by atoms with E-state index in [0.29, 0.717) is 18.0 Å². The van der Waals surface area contributed by atoms with Gasteiger partial charge in [0.1, 0.15) is 17.1 Å². The summed E-state index contributed by atoms with van der Waals surface area (Å²) in [5.74, 6) is 0.921. The van der Waals surface area contributed by atoms with Gasteiger partial charge in [-0.05, 0) is 32.4 Å². The first-order valence-electron chi connectivity index (χ1n) is 6.01. The predicted octanol–water partition coefficient (Wildman–Crippen LogP) is 1.40. The van der Waals surface area contributed by atoms with Crippen LogP contribution in [-0.4, -0.2) is 30.8 Å². The van der Waals surface area contributed by atoms with Crippen LogP contribution in [0.3, 0.4) is 0 Å². The molecule has 0 atom stereocenters. The number of nitrogens with one attached hydrogen (secondary N) is 1. The van der Waals surface area contributed by atoms with E-state index in [9.17, 15) is 9.90 Å². The highest BCUT2D eigenvalue weighted by molar-refractivity contribution is 5.83. The average Bonchev–Trinajstić information content (AvgIpc) is 2.34. The van der Waals surface area contributed by atoms with Gasteiger partial charge in [0.25, 0.3) is 5.91 Å². The van der Waals surface area contributed by atoms with Crippen molar-refractivity contribution in [2.45, 2.75) is 32.9 Å². The molecule has 0 unspecified atom stereocenters. The fourth-order valence-electron chi connectivity index (χ4n) is 1.66. The maximum atomic E-state index is 11.6. The minimum atomic E-state index is -1.40. The molecule has 19 heavy (non-hydrogen) atoms. The minimum Gasteiger partial charge on any atom is -0.497 e. The van der Waals surface area contributed by atoms with E-state index >= 15 is 0 Å². The number of aryl methyl sites for hydroxylation is 1. The van der Waals surface area contributed by atoms with Gasteiger partial charge in [-0.1, -0.05) is 0 Å². The summed E-state index contributed by atoms with van der Waals surface area (Å²) in [5.41, 5.74) is 0.418. The summed E-state index contributed by atoms with van der Waals surface area (Å²) in [6, 6.07) is 3.63. The Morgan fingerprint density at radius 2 is 1.95 bits per heavy atom. The van der Waals surface area contributed by atoms with Gasteiger partial charge in [-0.2, -0.15) is 0 Å². The summed E-state index contributed by atoms with van der Waals surface area (Å²) in [4.78, 5) is 11.6. The molecule has 0 bridgehead atoms. The normalized spacial score (nSPS) is 11.1. The summed E-state index contributed by atoms with van der Waals surface area (Å²) in [7, 11) is 3.15. The largest absolute Gasteiger partial charge is 0.497 e. The first-order chi connectivity index (χ1) is 8.79. The highest BCUT2D eigenvalue weighted by atomic mass is 16.5. The zero-order valence-electron chi connectivity index (χ0n) is 12.0. The molecular formula is C14H21NO4. The molecule has 0 spiro atoms. The van der Waals surface area contributed by atoms with Crippen LogP contribution in [-0.2, 0) is 11.3 Å². The maximum absolute atomic E-state index is 11.6. The Bertz CT molecular complexity index is 463. The van der Waals surface area contributed by atoms with Crippen LogP contribution in [0.25, 0.3) is 0 Å². The second kappa shape index (κ2) is 5.93. The zero-order valence-corrected chi connectivity index (χ0v) is 12.0. The molecule has 1 aromatic carbocycles. The second-order valence-electron chi connectivity index (χ2n) is 4.87. The van der Waals surface area contributed by atoms with Crippen molar-refractivity contribution in [2.24, 2.45) is 0 Å². The van der Waals surface area contributed by atoms with Crippen molar-refractivity contribution in [3.05, 3.63) is 23.3 Å². The lowest BCUT2D eigenvalue weighted by molar-refractivity contribution is -0.136. The van der Waals surface area contributed by atoms with Crippen LogP contribution in [0.2, 0.25) is 0 Å². The number of hydrogen-bond acceptors (Lipinski definition) is 4. The molecule has 0 saturated heterocycles. The predicted molar refractivity (Wildman–Crippen MR) is 72.4 cm³/mol. The van der Waals surface area contributed by atoms with Crippen molar-refractivity contribution < 1.29 is 19.4 Å². The molecule has 1 rings (SSSR count). The summed E-state index contributed by atoms with van der Waals surface area (Å²) >= 11 is 0. The molecule has 5 nitrogen and oxygen atoms in total. The number of rotatable bonds is 5. The molecule has 0 saturated carbocycles. The van der Waals surface area contributed by atoms with E-state index in [-0.39, 0.29) is 0 Å². The third kappa shape index (κ3) is 3.86. The molecule has 5 heteroatoms. The number of carbonyl (C=O) groups is 1. The third-order valence-corrected chi connectivity index (χ3v) is 2.84. The van der Waals surface area contributed by atoms with Crippen LogP contribution < -0.4 is 14.8 Å². The Morgan fingerprint density at radius 1 is 1.32 bits per heavy atom. The van der Waals surface area contributed by atoms with Gasteiger partial charge in [0.2, 0.25) is 0 Å². The van der Waals surface area contributed by atoms with E-state index < -0.39 is 11.5 Å². The molecule has 0 aliphatic carbocycles. The average molecular weight is 267 g/mol. The standard InChI is InChI=1S/C14H21NO4/c1-9-6-10(18-4)7-12(19-5)11(9)8-15-13(16)14(2,3)17/h6-7,17H,8H2,1-5H3,(H,15,16). The van der Waals surface area contributed by atoms with Gasteiger partial charge < -0.3 is 19.9 Å². The van der Waals surface area contributed by atoms with Crippen molar-refractivity contribution in [3.63, 3.8) is 0 Å². The van der Waals surface area contributed by atoms with E-state index in [1.807, 2.05) is 13.0 Å². The van der Waals surface area contributed by atoms with Crippen molar-refractivity contribution in [3.8, 4) is 11.5 Å². The van der Waals surface area contributed by atoms with Crippen LogP contribution in [0, 0.1) is 6.92 Å². The van der Waals surface area contributed by atoms with Gasteiger partial charge in [0.15, 0.2) is 0 Å². The Morgan fingerprint density at radius 3 is 2.42 bits per heavy atom. The molecule has 2 N–H and O–H groups in total. The van der Waals surface area contributed by atoms with Crippen LogP contribution in [0.4, 0.5) is 0 Å². The summed E-state index contributed by atoms with van der Waals surface area (Å²) in [5, 5.41) is 12.3. The van der Waals surface area contributed by atoms with Crippen LogP contribution >= 0.6 is 0 Å². The highest BCUT2D eigenvalue weighted by Crippen LogP contribution is 2.28. The van der Waals surface area contributed by atoms with Crippen molar-refractivity contribution >= 4 is 5.91 Å². The summed E-state index contributed by atoms with van der Waals surface area (Å²) in [6.45, 7) is 5.10. The molecular weight excluding hydrogens is 246 g/mol. The topological polar surface area (TPSA) is 67.8 Å². The van der Waals surface area contributed by atoms with Gasteiger partial charge >= 0.3 is 0 Å². The number of benzene rings is 1. The number of hydrogen-bond donors (Lipinski definition) is 2. The molecule has 0 heterocycles. The van der Waals surface area contributed by atoms with E-state index in [2.05, 4.69) is 5.32 Å². The van der Waals surface area contributed by atoms with Crippen molar-refractivity contribution in [2.75, 3.05) is 14.2 Å². The van der Waals surface area contributed by atoms with E-state index in [1.54, 1.807) is 20.3 Å². The van der Waals surface area contributed by atoms with Crippen molar-refractivity contribution in [1.82, 2.24) is 5.32 Å². The molecule has 106 valence electrons. The fourth-order valence-corrected chi connectivity index (χ4v) is 1.66. The Labute approximate surface area is 113 Å². The van der Waals surface area contributed by atoms with Gasteiger partial charge in [-0.3, -0.25) is 4.79 Å². The van der Waals surface area contributed by atoms with Gasteiger partial charge in [0.05, 0.1) is 14.2 Å². The monoisotopic (exact) mass is 267 g/mol. The highest BCUT2D eigenvalue weighted by Gasteiger charge is 2.23. The molecule has 0 fully saturated rings. The van der Waals surface area contributed by atoms with E-state index in [0.717, 1.165) is 11.1 Å². The number of aliphatic hydroxyl groups is 1. The lowest BCUT2D eigenvalue weighted by Crippen LogP contribution is -2.41. The third-order valence-electron chi connectivity index (χ3n) is 2.84. The Kier molecular flexibility index (Phi) is 4.78. The van der Waals surface area contributed by atoms with Crippen molar-refractivity contribution in [1.29, 1.82) is 0 Å². The zero-order chi connectivity index (χ0) is 14.6. The molecule has 0 aliphatic heterocycles. The molecule has 0 radical (unpaired) electrons. The molecule has 1 aromatic rings. The maximum Gasteiger partial charge on any atom is 0.251 e. The van der Waals surface area contributed by atoms with E-state index in [4.69, 9.17) is 9.47 Å². The smallest absolute Gasteiger partial charge is 0.251 e.